The van der Waals surface area contributed by atoms with Crippen LogP contribution >= 0.6 is 11.3 Å². The molecular formula is C56H68N12O7S. The molecule has 6 aromatic rings. The van der Waals surface area contributed by atoms with Gasteiger partial charge in [0.2, 0.25) is 17.7 Å². The summed E-state index contributed by atoms with van der Waals surface area (Å²) in [7, 11) is 0. The summed E-state index contributed by atoms with van der Waals surface area (Å²) in [6.07, 6.45) is 5.54. The minimum Gasteiger partial charge on any atom is -0.507 e. The average Bonchev–Trinajstić information content (AvgIpc) is 4.22. The highest BCUT2D eigenvalue weighted by molar-refractivity contribution is 7.13. The number of nitrogens with zero attached hydrogens (tertiary/aromatic N) is 10. The number of nitrogens with two attached hydrogens (primary N) is 1. The number of aromatic nitrogens is 5. The number of carbonyl (C=O) groups excluding carboxylic acids is 2. The number of aliphatic hydroxyl groups is 1. The molecule has 19 nitrogen and oxygen atoms in total. The number of piperazine rings is 1. The summed E-state index contributed by atoms with van der Waals surface area (Å²) in [5.74, 6) is 0.403. The van der Waals surface area contributed by atoms with E-state index in [0.29, 0.717) is 59.3 Å². The van der Waals surface area contributed by atoms with E-state index in [-0.39, 0.29) is 48.6 Å². The lowest BCUT2D eigenvalue weighted by atomic mass is 9.91. The number of pyridine rings is 1. The molecule has 2 bridgehead atoms. The number of hydrogen-bond acceptors (Lipinski definition) is 18. The Morgan fingerprint density at radius 2 is 1.66 bits per heavy atom. The second-order valence-electron chi connectivity index (χ2n) is 21.5. The number of likely N-dealkylation sites (tertiary alicyclic amines) is 3. The van der Waals surface area contributed by atoms with Crippen LogP contribution in [0.3, 0.4) is 0 Å². The summed E-state index contributed by atoms with van der Waals surface area (Å²) in [4.78, 5) is 49.4. The molecule has 76 heavy (non-hydrogen) atoms. The van der Waals surface area contributed by atoms with Gasteiger partial charge >= 0.3 is 0 Å². The van der Waals surface area contributed by atoms with Crippen molar-refractivity contribution in [1.29, 1.82) is 0 Å². The summed E-state index contributed by atoms with van der Waals surface area (Å²) >= 11 is 1.59. The molecule has 400 valence electrons. The van der Waals surface area contributed by atoms with E-state index in [2.05, 4.69) is 62.4 Å². The van der Waals surface area contributed by atoms with Gasteiger partial charge < -0.3 is 50.0 Å². The van der Waals surface area contributed by atoms with Gasteiger partial charge in [-0.05, 0) is 99.1 Å². The molecule has 5 saturated heterocycles. The van der Waals surface area contributed by atoms with Crippen LogP contribution in [0.2, 0.25) is 0 Å². The average molecular weight is 1050 g/mol. The zero-order valence-corrected chi connectivity index (χ0v) is 44.4. The Kier molecular flexibility index (Phi) is 14.8. The predicted octanol–water partition coefficient (Wildman–Crippen LogP) is 6.29. The fraction of sp³-hybridized carbons (Fsp3) is 0.482. The van der Waals surface area contributed by atoms with Crippen LogP contribution in [0.15, 0.2) is 89.0 Å². The molecule has 4 aromatic heterocycles. The number of piperidine rings is 1. The van der Waals surface area contributed by atoms with Crippen molar-refractivity contribution in [3.05, 3.63) is 102 Å². The summed E-state index contributed by atoms with van der Waals surface area (Å²) in [5, 5.41) is 37.0. The third-order valence-electron chi connectivity index (χ3n) is 16.1. The summed E-state index contributed by atoms with van der Waals surface area (Å²) in [5.41, 5.74) is 14.4. The van der Waals surface area contributed by atoms with Gasteiger partial charge in [0.15, 0.2) is 11.6 Å². The quantitative estimate of drug-likeness (QED) is 0.0788. The number of hydrogen-bond donors (Lipinski definition) is 4. The number of aryl methyl sites for hydroxylation is 1. The van der Waals surface area contributed by atoms with Crippen molar-refractivity contribution in [3.63, 3.8) is 0 Å². The van der Waals surface area contributed by atoms with Crippen LogP contribution < -0.4 is 30.3 Å². The van der Waals surface area contributed by atoms with E-state index in [4.69, 9.17) is 19.7 Å². The number of para-hydroxylation sites is 1. The van der Waals surface area contributed by atoms with Crippen LogP contribution in [0, 0.1) is 12.8 Å². The van der Waals surface area contributed by atoms with E-state index < -0.39 is 18.1 Å². The van der Waals surface area contributed by atoms with Gasteiger partial charge in [-0.3, -0.25) is 19.4 Å². The smallest absolute Gasteiger partial charge is 0.254 e. The van der Waals surface area contributed by atoms with Gasteiger partial charge in [-0.15, -0.1) is 21.5 Å². The molecule has 5 aliphatic rings. The Bertz CT molecular complexity index is 2980. The molecule has 6 atom stereocenters. The molecule has 0 saturated carbocycles. The standard InChI is InChI=1S/C56H68N12O7S/c1-33(2)52(56(72)67-29-42(69)24-47(67)55(71)60-34(3)36-9-11-37(12-10-36)53-35(4)59-32-76-53)49-26-51(63-75-49)73-22-21-64-19-16-38(17-20-64)65-30-43(31-65)74-50-23-39(15-18-58-50)68-40-13-14-41(68)28-66(27-40)46-25-45(61-62-54(46)57)44-7-5-6-8-48(44)70/h5-12,15,18,23,25-26,32-34,38,40-43,47,52,69-70H,13-14,16-17,19-22,24,27-31H2,1-4H3,(H2,57,62)(H,60,71)/t34-,40?,41?,42+,47-,52+/m0/s1. The number of fused-ring (bicyclic) bond motifs is 2. The molecule has 5 aliphatic heterocycles. The third-order valence-corrected chi connectivity index (χ3v) is 17.1. The molecule has 20 heteroatoms. The number of nitrogens with one attached hydrogen (secondary N) is 1. The third kappa shape index (κ3) is 10.8. The highest BCUT2D eigenvalue weighted by Gasteiger charge is 2.45. The van der Waals surface area contributed by atoms with E-state index in [9.17, 15) is 19.8 Å². The fourth-order valence-corrected chi connectivity index (χ4v) is 12.8. The minimum absolute atomic E-state index is 0.0565. The first-order valence-corrected chi connectivity index (χ1v) is 27.6. The Morgan fingerprint density at radius 1 is 0.895 bits per heavy atom. The number of amides is 2. The Balaban J connectivity index is 0.614. The number of benzene rings is 2. The second kappa shape index (κ2) is 22.0. The van der Waals surface area contributed by atoms with E-state index >= 15 is 0 Å². The molecule has 5 N–H and O–H groups in total. The lowest BCUT2D eigenvalue weighted by molar-refractivity contribution is -0.141. The van der Waals surface area contributed by atoms with Gasteiger partial charge in [-0.2, -0.15) is 0 Å². The maximum Gasteiger partial charge on any atom is 0.254 e. The Hall–Kier alpha value is -6.87. The summed E-state index contributed by atoms with van der Waals surface area (Å²) in [6.45, 7) is 14.2. The lowest BCUT2D eigenvalue weighted by Gasteiger charge is -2.46. The van der Waals surface area contributed by atoms with Crippen LogP contribution in [0.1, 0.15) is 81.9 Å². The van der Waals surface area contributed by atoms with Crippen LogP contribution in [-0.4, -0.2) is 157 Å². The number of β-amino-alcohol motifs (C(OH)–C–C–N with tert-alkyl or cyclic N) is 1. The zero-order chi connectivity index (χ0) is 52.6. The zero-order valence-electron chi connectivity index (χ0n) is 43.6. The Morgan fingerprint density at radius 3 is 2.38 bits per heavy atom. The molecule has 11 rings (SSSR count). The molecule has 5 fully saturated rings. The maximum absolute atomic E-state index is 14.3. The number of rotatable bonds is 17. The van der Waals surface area contributed by atoms with Crippen molar-refractivity contribution in [2.45, 2.75) is 108 Å². The second-order valence-corrected chi connectivity index (χ2v) is 22.3. The number of thiazole rings is 1. The molecule has 2 amide bonds. The number of aliphatic hydroxyl groups excluding tert-OH is 1. The predicted molar refractivity (Wildman–Crippen MR) is 289 cm³/mol. The first-order chi connectivity index (χ1) is 36.8. The van der Waals surface area contributed by atoms with Crippen LogP contribution in [0.25, 0.3) is 21.7 Å². The lowest BCUT2D eigenvalue weighted by Crippen LogP contribution is -2.59. The normalized spacial score (nSPS) is 22.2. The minimum atomic E-state index is -0.826. The number of anilines is 3. The fourth-order valence-electron chi connectivity index (χ4n) is 12.0. The summed E-state index contributed by atoms with van der Waals surface area (Å²) in [6, 6.07) is 22.9. The van der Waals surface area contributed by atoms with Gasteiger partial charge in [0.05, 0.1) is 39.6 Å². The van der Waals surface area contributed by atoms with E-state index in [0.717, 1.165) is 105 Å². The largest absolute Gasteiger partial charge is 0.507 e. The first kappa shape index (κ1) is 51.2. The van der Waals surface area contributed by atoms with Crippen molar-refractivity contribution >= 4 is 40.3 Å². The number of phenolic OH excluding ortho intramolecular Hbond substituents is 1. The van der Waals surface area contributed by atoms with Crippen molar-refractivity contribution in [1.82, 2.24) is 45.3 Å². The monoisotopic (exact) mass is 1050 g/mol. The van der Waals surface area contributed by atoms with Crippen molar-refractivity contribution in [2.75, 3.05) is 74.5 Å². The molecule has 2 aromatic carbocycles. The van der Waals surface area contributed by atoms with Crippen molar-refractivity contribution in [3.8, 4) is 39.2 Å². The number of aromatic hydroxyl groups is 1. The van der Waals surface area contributed by atoms with Crippen molar-refractivity contribution < 1.29 is 33.8 Å². The first-order valence-electron chi connectivity index (χ1n) is 26.8. The molecule has 0 radical (unpaired) electrons. The van der Waals surface area contributed by atoms with Gasteiger partial charge in [-0.1, -0.05) is 50.2 Å². The number of carbonyl (C=O) groups is 2. The number of ether oxygens (including phenoxy) is 2. The van der Waals surface area contributed by atoms with Crippen LogP contribution in [0.4, 0.5) is 17.2 Å². The molecule has 0 aliphatic carbocycles. The Labute approximate surface area is 447 Å². The SMILES string of the molecule is Cc1ncsc1-c1ccc([C@H](C)NC(=O)[C@@H]2C[C@@H](O)CN2C(=O)[C@@H](c2cc(OCCN3CCC(N4CC(Oc5cc(N6C7CCC6CN(c6cc(-c8ccccc8O)nnc6N)C7)ccn5)C4)CC3)no2)C(C)C)cc1. The molecular weight excluding hydrogens is 985 g/mol. The van der Waals surface area contributed by atoms with Gasteiger partial charge in [-0.25, -0.2) is 9.97 Å². The molecule has 0 spiro atoms. The number of nitrogen functional groups attached to an aromatic ring is 1. The van der Waals surface area contributed by atoms with Crippen LogP contribution in [-0.2, 0) is 9.59 Å². The topological polar surface area (TPSA) is 225 Å². The van der Waals surface area contributed by atoms with Crippen LogP contribution in [0.5, 0.6) is 17.5 Å². The van der Waals surface area contributed by atoms with Gasteiger partial charge in [0.25, 0.3) is 5.88 Å². The highest BCUT2D eigenvalue weighted by Crippen LogP contribution is 2.40. The summed E-state index contributed by atoms with van der Waals surface area (Å²) < 4.78 is 18.3. The van der Waals surface area contributed by atoms with E-state index in [1.807, 2.05) is 81.9 Å². The van der Waals surface area contributed by atoms with Gasteiger partial charge in [0.1, 0.15) is 30.4 Å². The maximum atomic E-state index is 14.3. The van der Waals surface area contributed by atoms with Gasteiger partial charge in [0, 0.05) is 93.4 Å². The highest BCUT2D eigenvalue weighted by atomic mass is 32.1. The molecule has 2 unspecified atom stereocenters. The van der Waals surface area contributed by atoms with E-state index in [1.165, 1.54) is 4.90 Å². The number of phenols is 1. The van der Waals surface area contributed by atoms with Crippen molar-refractivity contribution in [2.24, 2.45) is 5.92 Å². The van der Waals surface area contributed by atoms with E-state index in [1.54, 1.807) is 29.5 Å². The molecule has 9 heterocycles.